The third-order valence-corrected chi connectivity index (χ3v) is 5.57. The second-order valence-electron chi connectivity index (χ2n) is 8.34. The second kappa shape index (κ2) is 12.1. The maximum absolute atomic E-state index is 13.2. The molecular formula is C26H36N2O4. The summed E-state index contributed by atoms with van der Waals surface area (Å²) >= 11 is 0. The van der Waals surface area contributed by atoms with Crippen LogP contribution in [-0.4, -0.2) is 42.5 Å². The summed E-state index contributed by atoms with van der Waals surface area (Å²) in [6.45, 7) is 10.0. The van der Waals surface area contributed by atoms with E-state index in [9.17, 15) is 9.59 Å². The van der Waals surface area contributed by atoms with Crippen molar-refractivity contribution in [3.05, 3.63) is 59.7 Å². The number of rotatable bonds is 11. The largest absolute Gasteiger partial charge is 0.497 e. The average Bonchev–Trinajstić information content (AvgIpc) is 2.80. The molecule has 0 heterocycles. The van der Waals surface area contributed by atoms with Gasteiger partial charge in [-0.1, -0.05) is 51.1 Å². The van der Waals surface area contributed by atoms with Gasteiger partial charge in [-0.3, -0.25) is 9.59 Å². The van der Waals surface area contributed by atoms with Crippen LogP contribution >= 0.6 is 0 Å². The molecule has 2 atom stereocenters. The minimum atomic E-state index is -0.637. The summed E-state index contributed by atoms with van der Waals surface area (Å²) in [6, 6.07) is 14.6. The van der Waals surface area contributed by atoms with E-state index in [0.29, 0.717) is 12.3 Å². The zero-order chi connectivity index (χ0) is 23.7. The second-order valence-corrected chi connectivity index (χ2v) is 8.34. The molecule has 0 fully saturated rings. The Morgan fingerprint density at radius 2 is 1.66 bits per heavy atom. The molecule has 0 spiro atoms. The first-order valence-electron chi connectivity index (χ1n) is 11.2. The van der Waals surface area contributed by atoms with Crippen molar-refractivity contribution in [1.82, 2.24) is 10.2 Å². The number of carbonyl (C=O) groups is 2. The van der Waals surface area contributed by atoms with Gasteiger partial charge < -0.3 is 19.7 Å². The van der Waals surface area contributed by atoms with Gasteiger partial charge in [0.05, 0.1) is 7.11 Å². The number of para-hydroxylation sites is 1. The van der Waals surface area contributed by atoms with Gasteiger partial charge in [0.15, 0.2) is 6.61 Å². The minimum absolute atomic E-state index is 0.0389. The van der Waals surface area contributed by atoms with Crippen molar-refractivity contribution in [2.45, 2.75) is 65.6 Å². The number of hydrogen-bond acceptors (Lipinski definition) is 4. The molecule has 0 aliphatic rings. The van der Waals surface area contributed by atoms with E-state index in [-0.39, 0.29) is 30.4 Å². The Kier molecular flexibility index (Phi) is 9.57. The van der Waals surface area contributed by atoms with E-state index >= 15 is 0 Å². The number of carbonyl (C=O) groups excluding carboxylic acids is 2. The Morgan fingerprint density at radius 1 is 1.00 bits per heavy atom. The normalized spacial score (nSPS) is 12.7. The first-order valence-corrected chi connectivity index (χ1v) is 11.2. The van der Waals surface area contributed by atoms with Crippen LogP contribution in [0, 0.1) is 0 Å². The summed E-state index contributed by atoms with van der Waals surface area (Å²) in [7, 11) is 1.61. The van der Waals surface area contributed by atoms with Crippen LogP contribution in [0.15, 0.2) is 48.5 Å². The molecule has 2 aromatic rings. The van der Waals surface area contributed by atoms with Crippen molar-refractivity contribution in [3.8, 4) is 11.5 Å². The molecular weight excluding hydrogens is 404 g/mol. The predicted molar refractivity (Wildman–Crippen MR) is 127 cm³/mol. The fourth-order valence-corrected chi connectivity index (χ4v) is 3.29. The van der Waals surface area contributed by atoms with Gasteiger partial charge in [0.2, 0.25) is 5.91 Å². The Bertz CT molecular complexity index is 880. The highest BCUT2D eigenvalue weighted by atomic mass is 16.5. The Hall–Kier alpha value is -3.02. The number of amides is 2. The van der Waals surface area contributed by atoms with Crippen LogP contribution in [0.5, 0.6) is 11.5 Å². The molecule has 0 aromatic heterocycles. The van der Waals surface area contributed by atoms with Crippen LogP contribution in [-0.2, 0) is 16.1 Å². The molecule has 0 aliphatic heterocycles. The molecule has 174 valence electrons. The molecule has 1 N–H and O–H groups in total. The molecule has 0 saturated carbocycles. The molecule has 0 aliphatic carbocycles. The van der Waals surface area contributed by atoms with Gasteiger partial charge in [-0.05, 0) is 55.5 Å². The maximum Gasteiger partial charge on any atom is 0.261 e. The summed E-state index contributed by atoms with van der Waals surface area (Å²) in [5.41, 5.74) is 1.95. The number of nitrogens with one attached hydrogen (secondary N) is 1. The third-order valence-electron chi connectivity index (χ3n) is 5.57. The van der Waals surface area contributed by atoms with Crippen molar-refractivity contribution < 1.29 is 19.1 Å². The van der Waals surface area contributed by atoms with Crippen LogP contribution in [0.2, 0.25) is 0 Å². The van der Waals surface area contributed by atoms with E-state index in [4.69, 9.17) is 9.47 Å². The van der Waals surface area contributed by atoms with Gasteiger partial charge in [0, 0.05) is 12.6 Å². The van der Waals surface area contributed by atoms with E-state index in [0.717, 1.165) is 23.3 Å². The van der Waals surface area contributed by atoms with E-state index in [1.165, 1.54) is 0 Å². The van der Waals surface area contributed by atoms with Crippen LogP contribution in [0.3, 0.4) is 0 Å². The van der Waals surface area contributed by atoms with Gasteiger partial charge in [0.1, 0.15) is 17.5 Å². The van der Waals surface area contributed by atoms with Gasteiger partial charge in [-0.15, -0.1) is 0 Å². The average molecular weight is 441 g/mol. The molecule has 0 radical (unpaired) electrons. The summed E-state index contributed by atoms with van der Waals surface area (Å²) in [5, 5.41) is 2.97. The van der Waals surface area contributed by atoms with E-state index < -0.39 is 6.04 Å². The lowest BCUT2D eigenvalue weighted by atomic mass is 10.0. The minimum Gasteiger partial charge on any atom is -0.497 e. The fourth-order valence-electron chi connectivity index (χ4n) is 3.29. The molecule has 6 nitrogen and oxygen atoms in total. The van der Waals surface area contributed by atoms with Crippen LogP contribution in [0.25, 0.3) is 0 Å². The number of ether oxygens (including phenoxy) is 2. The van der Waals surface area contributed by atoms with Crippen LogP contribution in [0.1, 0.15) is 58.1 Å². The summed E-state index contributed by atoms with van der Waals surface area (Å²) in [6.07, 6.45) is 0.819. The van der Waals surface area contributed by atoms with E-state index in [1.54, 1.807) is 18.9 Å². The Morgan fingerprint density at radius 3 is 2.25 bits per heavy atom. The number of nitrogens with zero attached hydrogens (tertiary/aromatic N) is 1. The molecule has 2 rings (SSSR count). The van der Waals surface area contributed by atoms with Crippen LogP contribution in [0.4, 0.5) is 0 Å². The standard InChI is InChI=1S/C26H36N2O4/c1-7-19(4)27-26(30)20(5)28(16-21-12-14-22(31-6)15-13-21)25(29)17-32-24-11-9-8-10-23(24)18(2)3/h8-15,18-20H,7,16-17H2,1-6H3,(H,27,30)/t19-,20-/m0/s1. The van der Waals surface area contributed by atoms with E-state index in [1.807, 2.05) is 62.4 Å². The smallest absolute Gasteiger partial charge is 0.261 e. The fraction of sp³-hybridized carbons (Fsp3) is 0.462. The lowest BCUT2D eigenvalue weighted by Crippen LogP contribution is -2.50. The van der Waals surface area contributed by atoms with E-state index in [2.05, 4.69) is 19.2 Å². The first-order chi connectivity index (χ1) is 15.3. The molecule has 2 amide bonds. The summed E-state index contributed by atoms with van der Waals surface area (Å²) in [4.78, 5) is 27.6. The maximum atomic E-state index is 13.2. The molecule has 0 saturated heterocycles. The highest BCUT2D eigenvalue weighted by molar-refractivity contribution is 5.88. The van der Waals surface area contributed by atoms with Crippen molar-refractivity contribution >= 4 is 11.8 Å². The predicted octanol–water partition coefficient (Wildman–Crippen LogP) is 4.53. The van der Waals surface area contributed by atoms with Gasteiger partial charge >= 0.3 is 0 Å². The topological polar surface area (TPSA) is 67.9 Å². The first kappa shape index (κ1) is 25.2. The van der Waals surface area contributed by atoms with Crippen molar-refractivity contribution in [2.24, 2.45) is 0 Å². The summed E-state index contributed by atoms with van der Waals surface area (Å²) in [5.74, 6) is 1.28. The van der Waals surface area contributed by atoms with Gasteiger partial charge in [-0.2, -0.15) is 0 Å². The monoisotopic (exact) mass is 440 g/mol. The number of benzene rings is 2. The van der Waals surface area contributed by atoms with Crippen molar-refractivity contribution in [3.63, 3.8) is 0 Å². The zero-order valence-corrected chi connectivity index (χ0v) is 20.1. The highest BCUT2D eigenvalue weighted by Crippen LogP contribution is 2.26. The zero-order valence-electron chi connectivity index (χ0n) is 20.1. The van der Waals surface area contributed by atoms with Gasteiger partial charge in [0.25, 0.3) is 5.91 Å². The lowest BCUT2D eigenvalue weighted by Gasteiger charge is -2.30. The van der Waals surface area contributed by atoms with Crippen LogP contribution < -0.4 is 14.8 Å². The summed E-state index contributed by atoms with van der Waals surface area (Å²) < 4.78 is 11.1. The molecule has 2 aromatic carbocycles. The van der Waals surface area contributed by atoms with Crippen molar-refractivity contribution in [2.75, 3.05) is 13.7 Å². The van der Waals surface area contributed by atoms with Gasteiger partial charge in [-0.25, -0.2) is 0 Å². The lowest BCUT2D eigenvalue weighted by molar-refractivity contribution is -0.142. The molecule has 32 heavy (non-hydrogen) atoms. The Balaban J connectivity index is 2.20. The third kappa shape index (κ3) is 7.01. The Labute approximate surface area is 191 Å². The quantitative estimate of drug-likeness (QED) is 0.557. The number of methoxy groups -OCH3 is 1. The number of hydrogen-bond donors (Lipinski definition) is 1. The SMILES string of the molecule is CC[C@H](C)NC(=O)[C@H](C)N(Cc1ccc(OC)cc1)C(=O)COc1ccccc1C(C)C. The molecule has 0 bridgehead atoms. The molecule has 0 unspecified atom stereocenters. The van der Waals surface area contributed by atoms with Crippen molar-refractivity contribution in [1.29, 1.82) is 0 Å². The molecule has 6 heteroatoms. The highest BCUT2D eigenvalue weighted by Gasteiger charge is 2.27.